The molecule has 1 fully saturated rings. The molecule has 2 aromatic rings. The predicted octanol–water partition coefficient (Wildman–Crippen LogP) is 3.50. The minimum Gasteiger partial charge on any atom is -0.469 e. The van der Waals surface area contributed by atoms with Crippen LogP contribution in [0.4, 0.5) is 5.69 Å². The number of aryl methyl sites for hydroxylation is 1. The highest BCUT2D eigenvalue weighted by atomic mass is 35.5. The molecule has 1 aromatic heterocycles. The van der Waals surface area contributed by atoms with Crippen molar-refractivity contribution in [1.82, 2.24) is 4.90 Å². The summed E-state index contributed by atoms with van der Waals surface area (Å²) in [6.45, 7) is 0.621. The normalized spacial score (nSPS) is 17.0. The summed E-state index contributed by atoms with van der Waals surface area (Å²) < 4.78 is 5.25. The molecule has 5 nitrogen and oxygen atoms in total. The van der Waals surface area contributed by atoms with Crippen molar-refractivity contribution in [1.29, 1.82) is 0 Å². The van der Waals surface area contributed by atoms with Crippen LogP contribution in [0.15, 0.2) is 47.1 Å². The Labute approximate surface area is 145 Å². The molecule has 1 saturated heterocycles. The molecule has 0 spiro atoms. The average molecular weight is 347 g/mol. The van der Waals surface area contributed by atoms with Gasteiger partial charge < -0.3 is 14.6 Å². The standard InChI is InChI=1S/C18H19ClN2O3/c19-13-5-7-14(8-6-13)20-18(23)16-4-1-11-21(16)17(22)10-9-15-3-2-12-24-15/h2-3,5-8,12,16H,1,4,9-11H2,(H,20,23)/t16-/m1/s1. The molecule has 1 aliphatic heterocycles. The minimum absolute atomic E-state index is 0.0137. The van der Waals surface area contributed by atoms with Crippen LogP contribution in [0.2, 0.25) is 5.02 Å². The van der Waals surface area contributed by atoms with Crippen molar-refractivity contribution in [3.63, 3.8) is 0 Å². The van der Waals surface area contributed by atoms with Crippen LogP contribution in [0, 0.1) is 0 Å². The number of carbonyl (C=O) groups is 2. The van der Waals surface area contributed by atoms with Gasteiger partial charge in [-0.05, 0) is 49.2 Å². The lowest BCUT2D eigenvalue weighted by Crippen LogP contribution is -2.43. The zero-order valence-corrected chi connectivity index (χ0v) is 14.0. The van der Waals surface area contributed by atoms with Gasteiger partial charge in [0.05, 0.1) is 6.26 Å². The van der Waals surface area contributed by atoms with E-state index in [0.717, 1.165) is 12.2 Å². The Morgan fingerprint density at radius 1 is 1.25 bits per heavy atom. The van der Waals surface area contributed by atoms with E-state index in [4.69, 9.17) is 16.0 Å². The highest BCUT2D eigenvalue weighted by molar-refractivity contribution is 6.30. The molecule has 126 valence electrons. The number of furan rings is 1. The Kier molecular flexibility index (Phi) is 5.20. The zero-order chi connectivity index (χ0) is 16.9. The first-order valence-electron chi connectivity index (χ1n) is 8.02. The maximum Gasteiger partial charge on any atom is 0.247 e. The SMILES string of the molecule is O=C(Nc1ccc(Cl)cc1)[C@H]1CCCN1C(=O)CCc1ccco1. The maximum absolute atomic E-state index is 12.5. The van der Waals surface area contributed by atoms with Crippen LogP contribution >= 0.6 is 11.6 Å². The first-order valence-corrected chi connectivity index (χ1v) is 8.39. The molecule has 1 aliphatic rings. The lowest BCUT2D eigenvalue weighted by molar-refractivity contribution is -0.136. The summed E-state index contributed by atoms with van der Waals surface area (Å²) >= 11 is 5.84. The van der Waals surface area contributed by atoms with Gasteiger partial charge in [0.1, 0.15) is 11.8 Å². The number of carbonyl (C=O) groups excluding carboxylic acids is 2. The molecule has 6 heteroatoms. The minimum atomic E-state index is -0.412. The molecule has 0 unspecified atom stereocenters. The van der Waals surface area contributed by atoms with E-state index in [0.29, 0.717) is 36.5 Å². The maximum atomic E-state index is 12.5. The number of anilines is 1. The number of nitrogens with one attached hydrogen (secondary N) is 1. The van der Waals surface area contributed by atoms with Crippen LogP contribution < -0.4 is 5.32 Å². The average Bonchev–Trinajstić information content (AvgIpc) is 3.26. The van der Waals surface area contributed by atoms with Gasteiger partial charge in [-0.1, -0.05) is 11.6 Å². The van der Waals surface area contributed by atoms with Gasteiger partial charge in [-0.3, -0.25) is 9.59 Å². The molecule has 1 aromatic carbocycles. The van der Waals surface area contributed by atoms with Crippen LogP contribution in [0.5, 0.6) is 0 Å². The number of hydrogen-bond acceptors (Lipinski definition) is 3. The zero-order valence-electron chi connectivity index (χ0n) is 13.2. The van der Waals surface area contributed by atoms with Gasteiger partial charge in [-0.2, -0.15) is 0 Å². The second kappa shape index (κ2) is 7.53. The number of benzene rings is 1. The van der Waals surface area contributed by atoms with Crippen LogP contribution in [0.3, 0.4) is 0 Å². The number of likely N-dealkylation sites (tertiary alicyclic amines) is 1. The van der Waals surface area contributed by atoms with Crippen LogP contribution in [0.25, 0.3) is 0 Å². The first kappa shape index (κ1) is 16.6. The van der Waals surface area contributed by atoms with E-state index in [2.05, 4.69) is 5.32 Å². The molecule has 0 bridgehead atoms. The van der Waals surface area contributed by atoms with E-state index in [1.807, 2.05) is 6.07 Å². The van der Waals surface area contributed by atoms with Crippen molar-refractivity contribution in [2.75, 3.05) is 11.9 Å². The van der Waals surface area contributed by atoms with Crippen molar-refractivity contribution in [3.8, 4) is 0 Å². The Balaban J connectivity index is 1.58. The number of hydrogen-bond donors (Lipinski definition) is 1. The molecular weight excluding hydrogens is 328 g/mol. The van der Waals surface area contributed by atoms with E-state index in [1.54, 1.807) is 41.5 Å². The first-order chi connectivity index (χ1) is 11.6. The quantitative estimate of drug-likeness (QED) is 0.901. The van der Waals surface area contributed by atoms with E-state index in [9.17, 15) is 9.59 Å². The molecule has 0 aliphatic carbocycles. The van der Waals surface area contributed by atoms with E-state index < -0.39 is 6.04 Å². The second-order valence-corrected chi connectivity index (χ2v) is 6.26. The Bertz CT molecular complexity index is 698. The number of halogens is 1. The van der Waals surface area contributed by atoms with Crippen molar-refractivity contribution in [3.05, 3.63) is 53.4 Å². The Morgan fingerprint density at radius 3 is 2.75 bits per heavy atom. The predicted molar refractivity (Wildman–Crippen MR) is 91.8 cm³/mol. The second-order valence-electron chi connectivity index (χ2n) is 5.82. The van der Waals surface area contributed by atoms with Gasteiger partial charge in [0, 0.05) is 30.1 Å². The summed E-state index contributed by atoms with van der Waals surface area (Å²) in [5.41, 5.74) is 0.680. The Hall–Kier alpha value is -2.27. The fraction of sp³-hybridized carbons (Fsp3) is 0.333. The molecule has 0 radical (unpaired) electrons. The lowest BCUT2D eigenvalue weighted by atomic mass is 10.1. The third-order valence-corrected chi connectivity index (χ3v) is 4.40. The van der Waals surface area contributed by atoms with Crippen molar-refractivity contribution in [2.24, 2.45) is 0 Å². The summed E-state index contributed by atoms with van der Waals surface area (Å²) in [6.07, 6.45) is 4.02. The van der Waals surface area contributed by atoms with Gasteiger partial charge in [-0.25, -0.2) is 0 Å². The number of amides is 2. The summed E-state index contributed by atoms with van der Waals surface area (Å²) in [5.74, 6) is 0.617. The molecule has 0 saturated carbocycles. The van der Waals surface area contributed by atoms with Crippen LogP contribution in [-0.2, 0) is 16.0 Å². The highest BCUT2D eigenvalue weighted by Gasteiger charge is 2.33. The van der Waals surface area contributed by atoms with Gasteiger partial charge >= 0.3 is 0 Å². The molecule has 2 heterocycles. The fourth-order valence-electron chi connectivity index (χ4n) is 2.93. The summed E-state index contributed by atoms with van der Waals surface area (Å²) in [5, 5.41) is 3.47. The van der Waals surface area contributed by atoms with E-state index >= 15 is 0 Å². The molecule has 24 heavy (non-hydrogen) atoms. The van der Waals surface area contributed by atoms with Crippen LogP contribution in [0.1, 0.15) is 25.0 Å². The summed E-state index contributed by atoms with van der Waals surface area (Å²) in [4.78, 5) is 26.6. The topological polar surface area (TPSA) is 62.6 Å². The third kappa shape index (κ3) is 3.97. The largest absolute Gasteiger partial charge is 0.469 e. The monoisotopic (exact) mass is 346 g/mol. The van der Waals surface area contributed by atoms with Crippen molar-refractivity contribution < 1.29 is 14.0 Å². The highest BCUT2D eigenvalue weighted by Crippen LogP contribution is 2.21. The van der Waals surface area contributed by atoms with Gasteiger partial charge in [-0.15, -0.1) is 0 Å². The smallest absolute Gasteiger partial charge is 0.247 e. The molecule has 1 atom stereocenters. The lowest BCUT2D eigenvalue weighted by Gasteiger charge is -2.24. The molecular formula is C18H19ClN2O3. The molecule has 2 amide bonds. The fourth-order valence-corrected chi connectivity index (χ4v) is 3.05. The Morgan fingerprint density at radius 2 is 2.04 bits per heavy atom. The van der Waals surface area contributed by atoms with Gasteiger partial charge in [0.25, 0.3) is 0 Å². The number of rotatable bonds is 5. The van der Waals surface area contributed by atoms with Gasteiger partial charge in [0.15, 0.2) is 0 Å². The molecule has 1 N–H and O–H groups in total. The van der Waals surface area contributed by atoms with Gasteiger partial charge in [0.2, 0.25) is 11.8 Å². The third-order valence-electron chi connectivity index (χ3n) is 4.15. The summed E-state index contributed by atoms with van der Waals surface area (Å²) in [6, 6.07) is 10.2. The van der Waals surface area contributed by atoms with Crippen LogP contribution in [-0.4, -0.2) is 29.3 Å². The number of nitrogens with zero attached hydrogens (tertiary/aromatic N) is 1. The van der Waals surface area contributed by atoms with E-state index in [-0.39, 0.29) is 11.8 Å². The summed E-state index contributed by atoms with van der Waals surface area (Å²) in [7, 11) is 0. The van der Waals surface area contributed by atoms with E-state index in [1.165, 1.54) is 0 Å². The van der Waals surface area contributed by atoms with Crippen molar-refractivity contribution in [2.45, 2.75) is 31.7 Å². The van der Waals surface area contributed by atoms with Crippen molar-refractivity contribution >= 4 is 29.1 Å². The molecule has 3 rings (SSSR count).